The van der Waals surface area contributed by atoms with Gasteiger partial charge >= 0.3 is 6.03 Å². The maximum Gasteiger partial charge on any atom is 0.319 e. The zero-order valence-electron chi connectivity index (χ0n) is 17.7. The van der Waals surface area contributed by atoms with Gasteiger partial charge in [-0.3, -0.25) is 4.98 Å². The molecule has 0 unspecified atom stereocenters. The van der Waals surface area contributed by atoms with Crippen molar-refractivity contribution >= 4 is 22.6 Å². The number of carbonyl (C=O) groups excluding carboxylic acids is 1. The third-order valence-electron chi connectivity index (χ3n) is 5.28. The summed E-state index contributed by atoms with van der Waals surface area (Å²) in [5.41, 5.74) is 4.09. The second kappa shape index (κ2) is 9.34. The lowest BCUT2D eigenvalue weighted by Crippen LogP contribution is -2.32. The second-order valence-electron chi connectivity index (χ2n) is 7.34. The molecule has 0 spiro atoms. The van der Waals surface area contributed by atoms with Gasteiger partial charge in [-0.2, -0.15) is 0 Å². The number of aromatic nitrogens is 2. The lowest BCUT2D eigenvalue weighted by atomic mass is 9.92. The third-order valence-corrected chi connectivity index (χ3v) is 5.28. The first-order valence-corrected chi connectivity index (χ1v) is 10.4. The van der Waals surface area contributed by atoms with Crippen molar-refractivity contribution in [3.05, 3.63) is 90.4 Å². The van der Waals surface area contributed by atoms with Crippen LogP contribution >= 0.6 is 0 Å². The minimum Gasteiger partial charge on any atom is -0.494 e. The van der Waals surface area contributed by atoms with Gasteiger partial charge in [0.2, 0.25) is 0 Å². The number of hydrogen-bond donors (Lipinski definition) is 2. The molecule has 2 heterocycles. The van der Waals surface area contributed by atoms with Gasteiger partial charge in [-0.05, 0) is 54.4 Å². The zero-order chi connectivity index (χ0) is 21.6. The quantitative estimate of drug-likeness (QED) is 0.451. The van der Waals surface area contributed by atoms with Crippen molar-refractivity contribution in [3.63, 3.8) is 0 Å². The Morgan fingerprint density at radius 2 is 1.90 bits per heavy atom. The predicted molar refractivity (Wildman–Crippen MR) is 124 cm³/mol. The van der Waals surface area contributed by atoms with E-state index in [9.17, 15) is 4.79 Å². The molecule has 4 rings (SSSR count). The highest BCUT2D eigenvalue weighted by atomic mass is 16.5. The first-order valence-electron chi connectivity index (χ1n) is 10.4. The standard InChI is InChI=1S/C25H26N4O2/c1-3-31-20-12-10-19(11-13-20)28-25(30)27-16-22(18-7-6-14-26-15-18)23-17-29(2)24-9-5-4-8-21(23)24/h4-15,17,22H,3,16H2,1-2H3,(H2,27,28,30)/t22-/m1/s1. The molecule has 2 aromatic carbocycles. The Hall–Kier alpha value is -3.80. The summed E-state index contributed by atoms with van der Waals surface area (Å²) in [4.78, 5) is 16.9. The van der Waals surface area contributed by atoms with Crippen molar-refractivity contribution in [3.8, 4) is 5.75 Å². The van der Waals surface area contributed by atoms with Crippen LogP contribution in [0.15, 0.2) is 79.3 Å². The number of benzene rings is 2. The topological polar surface area (TPSA) is 68.2 Å². The summed E-state index contributed by atoms with van der Waals surface area (Å²) >= 11 is 0. The third kappa shape index (κ3) is 4.69. The van der Waals surface area contributed by atoms with Crippen molar-refractivity contribution in [2.75, 3.05) is 18.5 Å². The highest BCUT2D eigenvalue weighted by Crippen LogP contribution is 2.31. The average Bonchev–Trinajstić information content (AvgIpc) is 3.13. The molecular formula is C25H26N4O2. The molecule has 0 aliphatic heterocycles. The average molecular weight is 415 g/mol. The minimum atomic E-state index is -0.252. The first-order chi connectivity index (χ1) is 15.2. The molecule has 0 bridgehead atoms. The van der Waals surface area contributed by atoms with Crippen LogP contribution in [0.25, 0.3) is 10.9 Å². The smallest absolute Gasteiger partial charge is 0.319 e. The molecule has 0 aliphatic rings. The number of aryl methyl sites for hydroxylation is 1. The van der Waals surface area contributed by atoms with E-state index in [4.69, 9.17) is 4.74 Å². The Bertz CT molecular complexity index is 1150. The number of carbonyl (C=O) groups is 1. The molecule has 4 aromatic rings. The number of pyridine rings is 1. The molecule has 2 aromatic heterocycles. The Morgan fingerprint density at radius 3 is 2.65 bits per heavy atom. The fourth-order valence-corrected chi connectivity index (χ4v) is 3.81. The largest absolute Gasteiger partial charge is 0.494 e. The van der Waals surface area contributed by atoms with Crippen LogP contribution in [0.4, 0.5) is 10.5 Å². The molecule has 0 aliphatic carbocycles. The highest BCUT2D eigenvalue weighted by Gasteiger charge is 2.20. The van der Waals surface area contributed by atoms with Gasteiger partial charge in [0, 0.05) is 54.7 Å². The maximum absolute atomic E-state index is 12.6. The number of nitrogens with zero attached hydrogens (tertiary/aromatic N) is 2. The van der Waals surface area contributed by atoms with E-state index in [1.807, 2.05) is 68.7 Å². The number of rotatable bonds is 7. The molecule has 0 saturated carbocycles. The van der Waals surface area contributed by atoms with Gasteiger partial charge in [0.15, 0.2) is 0 Å². The first kappa shape index (κ1) is 20.5. The Morgan fingerprint density at radius 1 is 1.10 bits per heavy atom. The van der Waals surface area contributed by atoms with E-state index in [-0.39, 0.29) is 11.9 Å². The Labute approximate surface area is 181 Å². The van der Waals surface area contributed by atoms with E-state index in [0.29, 0.717) is 18.8 Å². The molecule has 1 atom stereocenters. The molecule has 2 N–H and O–H groups in total. The van der Waals surface area contributed by atoms with Crippen LogP contribution in [0.1, 0.15) is 24.0 Å². The summed E-state index contributed by atoms with van der Waals surface area (Å²) in [6.45, 7) is 2.99. The van der Waals surface area contributed by atoms with Crippen LogP contribution in [-0.4, -0.2) is 28.7 Å². The van der Waals surface area contributed by atoms with Crippen LogP contribution in [0.5, 0.6) is 5.75 Å². The van der Waals surface area contributed by atoms with Gasteiger partial charge < -0.3 is 19.9 Å². The zero-order valence-corrected chi connectivity index (χ0v) is 17.7. The van der Waals surface area contributed by atoms with Gasteiger partial charge in [-0.25, -0.2) is 4.79 Å². The van der Waals surface area contributed by atoms with Crippen LogP contribution in [0.2, 0.25) is 0 Å². The van der Waals surface area contributed by atoms with E-state index in [2.05, 4.69) is 38.5 Å². The van der Waals surface area contributed by atoms with Gasteiger partial charge in [-0.1, -0.05) is 24.3 Å². The van der Waals surface area contributed by atoms with Crippen molar-refractivity contribution in [1.82, 2.24) is 14.9 Å². The summed E-state index contributed by atoms with van der Waals surface area (Å²) in [6.07, 6.45) is 5.75. The van der Waals surface area contributed by atoms with Gasteiger partial charge in [0.25, 0.3) is 0 Å². The van der Waals surface area contributed by atoms with Crippen LogP contribution in [0, 0.1) is 0 Å². The van der Waals surface area contributed by atoms with Crippen LogP contribution in [-0.2, 0) is 7.05 Å². The van der Waals surface area contributed by atoms with Crippen LogP contribution < -0.4 is 15.4 Å². The summed E-state index contributed by atoms with van der Waals surface area (Å²) in [5, 5.41) is 7.08. The predicted octanol–water partition coefficient (Wildman–Crippen LogP) is 4.93. The Balaban J connectivity index is 1.52. The molecular weight excluding hydrogens is 388 g/mol. The number of ether oxygens (including phenoxy) is 1. The SMILES string of the molecule is CCOc1ccc(NC(=O)NC[C@H](c2cccnc2)c2cn(C)c3ccccc23)cc1. The second-order valence-corrected chi connectivity index (χ2v) is 7.34. The van der Waals surface area contributed by atoms with Crippen LogP contribution in [0.3, 0.4) is 0 Å². The molecule has 158 valence electrons. The van der Waals surface area contributed by atoms with E-state index < -0.39 is 0 Å². The van der Waals surface area contributed by atoms with E-state index in [0.717, 1.165) is 22.4 Å². The van der Waals surface area contributed by atoms with Gasteiger partial charge in [0.1, 0.15) is 5.75 Å². The molecule has 31 heavy (non-hydrogen) atoms. The van der Waals surface area contributed by atoms with Crippen molar-refractivity contribution in [2.24, 2.45) is 7.05 Å². The summed E-state index contributed by atoms with van der Waals surface area (Å²) < 4.78 is 7.56. The summed E-state index contributed by atoms with van der Waals surface area (Å²) in [7, 11) is 2.04. The number of para-hydroxylation sites is 1. The monoisotopic (exact) mass is 414 g/mol. The number of urea groups is 1. The number of nitrogens with one attached hydrogen (secondary N) is 2. The number of fused-ring (bicyclic) bond motifs is 1. The van der Waals surface area contributed by atoms with Crippen molar-refractivity contribution in [2.45, 2.75) is 12.8 Å². The van der Waals surface area contributed by atoms with Crippen molar-refractivity contribution < 1.29 is 9.53 Å². The van der Waals surface area contributed by atoms with E-state index in [1.54, 1.807) is 6.20 Å². The molecule has 0 saturated heterocycles. The molecule has 6 nitrogen and oxygen atoms in total. The van der Waals surface area contributed by atoms with Gasteiger partial charge in [0.05, 0.1) is 6.61 Å². The van der Waals surface area contributed by atoms with Crippen molar-refractivity contribution in [1.29, 1.82) is 0 Å². The minimum absolute atomic E-state index is 0.0223. The highest BCUT2D eigenvalue weighted by molar-refractivity contribution is 5.89. The number of anilines is 1. The molecule has 6 heteroatoms. The summed E-state index contributed by atoms with van der Waals surface area (Å²) in [6, 6.07) is 19.4. The van der Waals surface area contributed by atoms with E-state index in [1.165, 1.54) is 5.39 Å². The number of hydrogen-bond acceptors (Lipinski definition) is 3. The van der Waals surface area contributed by atoms with Gasteiger partial charge in [-0.15, -0.1) is 0 Å². The Kier molecular flexibility index (Phi) is 6.17. The molecule has 0 fully saturated rings. The van der Waals surface area contributed by atoms with E-state index >= 15 is 0 Å². The fraction of sp³-hybridized carbons (Fsp3) is 0.200. The fourth-order valence-electron chi connectivity index (χ4n) is 3.81. The number of amides is 2. The normalized spacial score (nSPS) is 11.8. The maximum atomic E-state index is 12.6. The summed E-state index contributed by atoms with van der Waals surface area (Å²) in [5.74, 6) is 0.756. The molecule has 2 amide bonds. The molecule has 0 radical (unpaired) electrons. The lowest BCUT2D eigenvalue weighted by molar-refractivity contribution is 0.252. The lowest BCUT2D eigenvalue weighted by Gasteiger charge is -2.18.